The van der Waals surface area contributed by atoms with Crippen molar-refractivity contribution in [2.45, 2.75) is 38.6 Å². The molecule has 3 aromatic heterocycles. The minimum atomic E-state index is 0.383. The molecule has 1 saturated heterocycles. The van der Waals surface area contributed by atoms with Gasteiger partial charge in [-0.1, -0.05) is 19.8 Å². The number of nitrogens with zero attached hydrogens (tertiary/aromatic N) is 7. The lowest BCUT2D eigenvalue weighted by molar-refractivity contribution is 0.122. The molecular formula is C20H26N8O. The largest absolute Gasteiger partial charge is 0.382 e. The van der Waals surface area contributed by atoms with E-state index in [1.54, 1.807) is 12.4 Å². The van der Waals surface area contributed by atoms with E-state index in [-0.39, 0.29) is 0 Å². The van der Waals surface area contributed by atoms with Gasteiger partial charge in [-0.25, -0.2) is 19.9 Å². The van der Waals surface area contributed by atoms with Crippen LogP contribution in [0, 0.1) is 5.92 Å². The van der Waals surface area contributed by atoms with Crippen molar-refractivity contribution in [3.05, 3.63) is 18.7 Å². The van der Waals surface area contributed by atoms with E-state index < -0.39 is 0 Å². The van der Waals surface area contributed by atoms with Gasteiger partial charge in [-0.2, -0.15) is 4.98 Å². The molecule has 0 bridgehead atoms. The summed E-state index contributed by atoms with van der Waals surface area (Å²) < 4.78 is 7.75. The molecule has 0 spiro atoms. The molecule has 9 nitrogen and oxygen atoms in total. The van der Waals surface area contributed by atoms with Crippen LogP contribution in [0.15, 0.2) is 18.7 Å². The third-order valence-corrected chi connectivity index (χ3v) is 6.04. The molecule has 2 aliphatic rings. The quantitative estimate of drug-likeness (QED) is 0.722. The van der Waals surface area contributed by atoms with Crippen molar-refractivity contribution in [1.29, 1.82) is 0 Å². The number of fused-ring (bicyclic) bond motifs is 1. The Morgan fingerprint density at radius 1 is 1.03 bits per heavy atom. The number of nitrogens with two attached hydrogens (primary N) is 1. The fraction of sp³-hybridized carbons (Fsp3) is 0.550. The monoisotopic (exact) mass is 394 g/mol. The Hall–Kier alpha value is -2.81. The van der Waals surface area contributed by atoms with Crippen LogP contribution < -0.4 is 10.6 Å². The van der Waals surface area contributed by atoms with Crippen LogP contribution in [0.25, 0.3) is 22.6 Å². The van der Waals surface area contributed by atoms with Crippen LogP contribution in [-0.4, -0.2) is 55.8 Å². The standard InChI is InChI=1S/C20H26N8O/c1-13-4-2-3-5-15(13)28-12-24-18-17(14-10-23-16(21)11-22-14)25-20(26-19(18)28)27-6-8-29-9-7-27/h10-13,15H,2-9H2,1H3,(H2,21,23). The number of ether oxygens (including phenoxy) is 1. The van der Waals surface area contributed by atoms with E-state index in [1.165, 1.54) is 19.3 Å². The molecule has 5 rings (SSSR count). The lowest BCUT2D eigenvalue weighted by Crippen LogP contribution is -2.37. The van der Waals surface area contributed by atoms with Crippen LogP contribution in [0.3, 0.4) is 0 Å². The van der Waals surface area contributed by atoms with Crippen molar-refractivity contribution >= 4 is 22.9 Å². The van der Waals surface area contributed by atoms with E-state index in [1.807, 2.05) is 6.33 Å². The Labute approximate surface area is 169 Å². The lowest BCUT2D eigenvalue weighted by Gasteiger charge is -2.30. The molecule has 29 heavy (non-hydrogen) atoms. The van der Waals surface area contributed by atoms with E-state index in [2.05, 4.69) is 26.4 Å². The summed E-state index contributed by atoms with van der Waals surface area (Å²) in [4.78, 5) is 25.3. The van der Waals surface area contributed by atoms with Gasteiger partial charge in [0.1, 0.15) is 22.7 Å². The van der Waals surface area contributed by atoms with Gasteiger partial charge in [0.15, 0.2) is 5.65 Å². The molecule has 0 amide bonds. The van der Waals surface area contributed by atoms with Crippen molar-refractivity contribution in [1.82, 2.24) is 29.5 Å². The van der Waals surface area contributed by atoms with Crippen LogP contribution in [0.5, 0.6) is 0 Å². The molecule has 1 saturated carbocycles. The molecule has 1 aliphatic carbocycles. The van der Waals surface area contributed by atoms with Gasteiger partial charge >= 0.3 is 0 Å². The molecule has 2 unspecified atom stereocenters. The number of anilines is 2. The fourth-order valence-corrected chi connectivity index (χ4v) is 4.40. The third kappa shape index (κ3) is 3.39. The summed E-state index contributed by atoms with van der Waals surface area (Å²) >= 11 is 0. The van der Waals surface area contributed by atoms with Crippen molar-refractivity contribution in [2.24, 2.45) is 5.92 Å². The summed E-state index contributed by atoms with van der Waals surface area (Å²) in [5, 5.41) is 0. The predicted octanol–water partition coefficient (Wildman–Crippen LogP) is 2.45. The maximum Gasteiger partial charge on any atom is 0.228 e. The zero-order valence-electron chi connectivity index (χ0n) is 16.7. The van der Waals surface area contributed by atoms with Crippen molar-refractivity contribution in [3.63, 3.8) is 0 Å². The van der Waals surface area contributed by atoms with Gasteiger partial charge in [0.2, 0.25) is 5.95 Å². The van der Waals surface area contributed by atoms with Crippen molar-refractivity contribution in [2.75, 3.05) is 36.9 Å². The molecule has 1 aliphatic heterocycles. The first-order valence-electron chi connectivity index (χ1n) is 10.4. The van der Waals surface area contributed by atoms with Gasteiger partial charge in [-0.15, -0.1) is 0 Å². The Balaban J connectivity index is 1.66. The van der Waals surface area contributed by atoms with E-state index in [0.717, 1.165) is 30.7 Å². The normalized spacial score (nSPS) is 22.9. The number of morpholine rings is 1. The minimum absolute atomic E-state index is 0.383. The second-order valence-corrected chi connectivity index (χ2v) is 7.95. The number of rotatable bonds is 3. The first-order chi connectivity index (χ1) is 14.2. The highest BCUT2D eigenvalue weighted by molar-refractivity contribution is 5.87. The van der Waals surface area contributed by atoms with Crippen LogP contribution in [0.2, 0.25) is 0 Å². The number of nitrogen functional groups attached to an aromatic ring is 1. The summed E-state index contributed by atoms with van der Waals surface area (Å²) in [5.41, 5.74) is 8.72. The predicted molar refractivity (Wildman–Crippen MR) is 110 cm³/mol. The zero-order valence-corrected chi connectivity index (χ0v) is 16.7. The highest BCUT2D eigenvalue weighted by Gasteiger charge is 2.27. The first-order valence-corrected chi connectivity index (χ1v) is 10.4. The fourth-order valence-electron chi connectivity index (χ4n) is 4.40. The Bertz CT molecular complexity index is 996. The summed E-state index contributed by atoms with van der Waals surface area (Å²) in [6.45, 7) is 5.22. The molecule has 0 aromatic carbocycles. The molecule has 152 valence electrons. The summed E-state index contributed by atoms with van der Waals surface area (Å²) in [5.74, 6) is 1.68. The van der Waals surface area contributed by atoms with Crippen molar-refractivity contribution in [3.8, 4) is 11.4 Å². The zero-order chi connectivity index (χ0) is 19.8. The highest BCUT2D eigenvalue weighted by atomic mass is 16.5. The van der Waals surface area contributed by atoms with Gasteiger partial charge in [-0.3, -0.25) is 0 Å². The van der Waals surface area contributed by atoms with E-state index in [9.17, 15) is 0 Å². The second-order valence-electron chi connectivity index (χ2n) is 7.95. The second kappa shape index (κ2) is 7.55. The van der Waals surface area contributed by atoms with E-state index >= 15 is 0 Å². The highest BCUT2D eigenvalue weighted by Crippen LogP contribution is 2.36. The number of imidazole rings is 1. The molecule has 3 aromatic rings. The maximum absolute atomic E-state index is 5.73. The van der Waals surface area contributed by atoms with Crippen LogP contribution in [0.4, 0.5) is 11.8 Å². The van der Waals surface area contributed by atoms with Crippen LogP contribution >= 0.6 is 0 Å². The molecular weight excluding hydrogens is 368 g/mol. The van der Waals surface area contributed by atoms with Gasteiger partial charge in [0.25, 0.3) is 0 Å². The van der Waals surface area contributed by atoms with Gasteiger partial charge < -0.3 is 19.9 Å². The maximum atomic E-state index is 5.73. The average molecular weight is 394 g/mol. The van der Waals surface area contributed by atoms with E-state index in [0.29, 0.717) is 48.3 Å². The molecule has 0 radical (unpaired) electrons. The smallest absolute Gasteiger partial charge is 0.228 e. The first kappa shape index (κ1) is 18.2. The average Bonchev–Trinajstić information content (AvgIpc) is 3.18. The van der Waals surface area contributed by atoms with Crippen LogP contribution in [-0.2, 0) is 4.74 Å². The summed E-state index contributed by atoms with van der Waals surface area (Å²) in [7, 11) is 0. The Kier molecular flexibility index (Phi) is 4.75. The van der Waals surface area contributed by atoms with Gasteiger partial charge in [-0.05, 0) is 18.8 Å². The van der Waals surface area contributed by atoms with E-state index in [4.69, 9.17) is 25.4 Å². The summed E-state index contributed by atoms with van der Waals surface area (Å²) in [6.07, 6.45) is 10.1. The summed E-state index contributed by atoms with van der Waals surface area (Å²) in [6, 6.07) is 0.409. The Morgan fingerprint density at radius 3 is 2.62 bits per heavy atom. The molecule has 2 N–H and O–H groups in total. The van der Waals surface area contributed by atoms with Crippen LogP contribution in [0.1, 0.15) is 38.6 Å². The van der Waals surface area contributed by atoms with Gasteiger partial charge in [0.05, 0.1) is 31.9 Å². The molecule has 9 heteroatoms. The topological polar surface area (TPSA) is 108 Å². The van der Waals surface area contributed by atoms with Gasteiger partial charge in [0, 0.05) is 19.1 Å². The van der Waals surface area contributed by atoms with Crippen molar-refractivity contribution < 1.29 is 4.74 Å². The number of aromatic nitrogens is 6. The SMILES string of the molecule is CC1CCCCC1n1cnc2c(-c3cnc(N)cn3)nc(N3CCOCC3)nc21. The molecule has 4 heterocycles. The minimum Gasteiger partial charge on any atom is -0.382 e. The number of hydrogen-bond donors (Lipinski definition) is 1. The molecule has 2 atom stereocenters. The molecule has 2 fully saturated rings. The Morgan fingerprint density at radius 2 is 1.86 bits per heavy atom. The third-order valence-electron chi connectivity index (χ3n) is 6.04. The number of hydrogen-bond acceptors (Lipinski definition) is 8. The lowest BCUT2D eigenvalue weighted by atomic mass is 9.86.